The Hall–Kier alpha value is -1.97. The highest BCUT2D eigenvalue weighted by Gasteiger charge is 2.29. The van der Waals surface area contributed by atoms with Gasteiger partial charge in [-0.15, -0.1) is 0 Å². The second-order valence-corrected chi connectivity index (χ2v) is 4.43. The van der Waals surface area contributed by atoms with Crippen LogP contribution in [0.2, 0.25) is 0 Å². The molecule has 0 spiro atoms. The third-order valence-electron chi connectivity index (χ3n) is 3.19. The summed E-state index contributed by atoms with van der Waals surface area (Å²) in [6.07, 6.45) is 2.38. The summed E-state index contributed by atoms with van der Waals surface area (Å²) in [6.45, 7) is 0. The first-order chi connectivity index (χ1) is 8.83. The van der Waals surface area contributed by atoms with E-state index in [0.717, 1.165) is 28.5 Å². The standard InChI is InChI=1S/C14H15NO3/c1-16-11-4-3-5-12(17-2)14(11)10-8-13(18-15-10)9-6-7-9/h3-5,8-9H,6-7H2,1-2H3. The Labute approximate surface area is 105 Å². The van der Waals surface area contributed by atoms with Crippen LogP contribution in [0.25, 0.3) is 11.3 Å². The zero-order valence-electron chi connectivity index (χ0n) is 10.5. The molecule has 4 heteroatoms. The van der Waals surface area contributed by atoms with Gasteiger partial charge in [-0.2, -0.15) is 0 Å². The van der Waals surface area contributed by atoms with Crippen LogP contribution < -0.4 is 9.47 Å². The minimum absolute atomic E-state index is 0.548. The molecule has 0 N–H and O–H groups in total. The molecule has 0 atom stereocenters. The SMILES string of the molecule is COc1cccc(OC)c1-c1cc(C2CC2)on1. The van der Waals surface area contributed by atoms with Gasteiger partial charge >= 0.3 is 0 Å². The molecule has 1 fully saturated rings. The molecule has 2 aromatic rings. The van der Waals surface area contributed by atoms with Crippen LogP contribution >= 0.6 is 0 Å². The zero-order valence-corrected chi connectivity index (χ0v) is 10.5. The summed E-state index contributed by atoms with van der Waals surface area (Å²) in [5.41, 5.74) is 1.62. The maximum atomic E-state index is 5.38. The van der Waals surface area contributed by atoms with Crippen LogP contribution in [0, 0.1) is 0 Å². The Bertz CT molecular complexity index is 536. The molecule has 4 nitrogen and oxygen atoms in total. The van der Waals surface area contributed by atoms with Crippen LogP contribution in [-0.2, 0) is 0 Å². The fourth-order valence-electron chi connectivity index (χ4n) is 2.07. The van der Waals surface area contributed by atoms with E-state index in [-0.39, 0.29) is 0 Å². The highest BCUT2D eigenvalue weighted by molar-refractivity contribution is 5.74. The van der Waals surface area contributed by atoms with Gasteiger partial charge in [0.05, 0.1) is 19.8 Å². The fourth-order valence-corrected chi connectivity index (χ4v) is 2.07. The summed E-state index contributed by atoms with van der Waals surface area (Å²) in [7, 11) is 3.28. The van der Waals surface area contributed by atoms with Crippen molar-refractivity contribution < 1.29 is 14.0 Å². The summed E-state index contributed by atoms with van der Waals surface area (Å²) >= 11 is 0. The second kappa shape index (κ2) is 4.37. The summed E-state index contributed by atoms with van der Waals surface area (Å²) in [6, 6.07) is 7.66. The van der Waals surface area contributed by atoms with Gasteiger partial charge in [-0.3, -0.25) is 0 Å². The molecule has 0 radical (unpaired) electrons. The van der Waals surface area contributed by atoms with Gasteiger partial charge in [0.25, 0.3) is 0 Å². The van der Waals surface area contributed by atoms with Gasteiger partial charge in [-0.25, -0.2) is 0 Å². The lowest BCUT2D eigenvalue weighted by molar-refractivity contribution is 0.381. The molecule has 1 aromatic carbocycles. The van der Waals surface area contributed by atoms with Crippen molar-refractivity contribution in [3.63, 3.8) is 0 Å². The smallest absolute Gasteiger partial charge is 0.140 e. The van der Waals surface area contributed by atoms with Gasteiger partial charge in [0.1, 0.15) is 23.0 Å². The first kappa shape index (κ1) is 11.1. The van der Waals surface area contributed by atoms with Crippen molar-refractivity contribution >= 4 is 0 Å². The molecular formula is C14H15NO3. The van der Waals surface area contributed by atoms with Crippen molar-refractivity contribution in [1.29, 1.82) is 0 Å². The number of hydrogen-bond acceptors (Lipinski definition) is 4. The number of methoxy groups -OCH3 is 2. The molecule has 1 aromatic heterocycles. The summed E-state index contributed by atoms with van der Waals surface area (Å²) in [5, 5.41) is 4.13. The van der Waals surface area contributed by atoms with Gasteiger partial charge < -0.3 is 14.0 Å². The molecule has 0 saturated heterocycles. The summed E-state index contributed by atoms with van der Waals surface area (Å²) in [5.74, 6) is 2.99. The van der Waals surface area contributed by atoms with Crippen molar-refractivity contribution in [3.05, 3.63) is 30.0 Å². The summed E-state index contributed by atoms with van der Waals surface area (Å²) < 4.78 is 16.1. The van der Waals surface area contributed by atoms with Gasteiger partial charge in [-0.05, 0) is 25.0 Å². The van der Waals surface area contributed by atoms with E-state index in [0.29, 0.717) is 5.92 Å². The van der Waals surface area contributed by atoms with Crippen molar-refractivity contribution in [1.82, 2.24) is 5.16 Å². The van der Waals surface area contributed by atoms with Crippen LogP contribution in [0.5, 0.6) is 11.5 Å². The van der Waals surface area contributed by atoms with Crippen molar-refractivity contribution in [2.24, 2.45) is 0 Å². The fraction of sp³-hybridized carbons (Fsp3) is 0.357. The predicted octanol–water partition coefficient (Wildman–Crippen LogP) is 3.24. The average Bonchev–Trinajstić information content (AvgIpc) is 3.16. The largest absolute Gasteiger partial charge is 0.496 e. The Morgan fingerprint density at radius 3 is 2.39 bits per heavy atom. The molecule has 1 saturated carbocycles. The summed E-state index contributed by atoms with van der Waals surface area (Å²) in [4.78, 5) is 0. The van der Waals surface area contributed by atoms with E-state index in [9.17, 15) is 0 Å². The van der Waals surface area contributed by atoms with E-state index in [1.807, 2.05) is 24.3 Å². The zero-order chi connectivity index (χ0) is 12.5. The third kappa shape index (κ3) is 1.83. The molecule has 0 bridgehead atoms. The van der Waals surface area contributed by atoms with Gasteiger partial charge in [0.15, 0.2) is 0 Å². The van der Waals surface area contributed by atoms with E-state index >= 15 is 0 Å². The van der Waals surface area contributed by atoms with Crippen molar-refractivity contribution in [2.45, 2.75) is 18.8 Å². The predicted molar refractivity (Wildman–Crippen MR) is 67.0 cm³/mol. The molecule has 1 aliphatic carbocycles. The van der Waals surface area contributed by atoms with Gasteiger partial charge in [-0.1, -0.05) is 11.2 Å². The number of hydrogen-bond donors (Lipinski definition) is 0. The van der Waals surface area contributed by atoms with Gasteiger partial charge in [0, 0.05) is 12.0 Å². The topological polar surface area (TPSA) is 44.5 Å². The van der Waals surface area contributed by atoms with Crippen LogP contribution in [0.4, 0.5) is 0 Å². The second-order valence-electron chi connectivity index (χ2n) is 4.43. The molecule has 0 amide bonds. The number of benzene rings is 1. The quantitative estimate of drug-likeness (QED) is 0.829. The van der Waals surface area contributed by atoms with Crippen LogP contribution in [0.1, 0.15) is 24.5 Å². The number of aromatic nitrogens is 1. The van der Waals surface area contributed by atoms with Crippen molar-refractivity contribution in [2.75, 3.05) is 14.2 Å². The Kier molecular flexibility index (Phi) is 2.70. The van der Waals surface area contributed by atoms with Crippen molar-refractivity contribution in [3.8, 4) is 22.8 Å². The van der Waals surface area contributed by atoms with Gasteiger partial charge in [0.2, 0.25) is 0 Å². The number of nitrogens with zero attached hydrogens (tertiary/aromatic N) is 1. The first-order valence-corrected chi connectivity index (χ1v) is 6.01. The molecule has 94 valence electrons. The number of rotatable bonds is 4. The van der Waals surface area contributed by atoms with E-state index in [4.69, 9.17) is 14.0 Å². The van der Waals surface area contributed by atoms with Crippen LogP contribution in [0.15, 0.2) is 28.8 Å². The molecule has 0 aliphatic heterocycles. The lowest BCUT2D eigenvalue weighted by atomic mass is 10.1. The Morgan fingerprint density at radius 1 is 1.17 bits per heavy atom. The lowest BCUT2D eigenvalue weighted by Gasteiger charge is -2.10. The molecule has 18 heavy (non-hydrogen) atoms. The number of ether oxygens (including phenoxy) is 2. The highest BCUT2D eigenvalue weighted by atomic mass is 16.5. The third-order valence-corrected chi connectivity index (χ3v) is 3.19. The Morgan fingerprint density at radius 2 is 1.83 bits per heavy atom. The molecular weight excluding hydrogens is 230 g/mol. The minimum Gasteiger partial charge on any atom is -0.496 e. The van der Waals surface area contributed by atoms with Crippen LogP contribution in [-0.4, -0.2) is 19.4 Å². The van der Waals surface area contributed by atoms with E-state index in [1.165, 1.54) is 12.8 Å². The monoisotopic (exact) mass is 245 g/mol. The molecule has 0 unspecified atom stereocenters. The molecule has 3 rings (SSSR count). The average molecular weight is 245 g/mol. The van der Waals surface area contributed by atoms with E-state index < -0.39 is 0 Å². The van der Waals surface area contributed by atoms with E-state index in [1.54, 1.807) is 14.2 Å². The normalized spacial score (nSPS) is 14.6. The van der Waals surface area contributed by atoms with Crippen LogP contribution in [0.3, 0.4) is 0 Å². The molecule has 1 heterocycles. The first-order valence-electron chi connectivity index (χ1n) is 6.01. The highest BCUT2D eigenvalue weighted by Crippen LogP contribution is 2.43. The maximum absolute atomic E-state index is 5.38. The molecule has 1 aliphatic rings. The Balaban J connectivity index is 2.07. The maximum Gasteiger partial charge on any atom is 0.140 e. The minimum atomic E-state index is 0.548. The lowest BCUT2D eigenvalue weighted by Crippen LogP contribution is -1.92. The van der Waals surface area contributed by atoms with E-state index in [2.05, 4.69) is 5.16 Å².